The van der Waals surface area contributed by atoms with Crippen LogP contribution in [0.2, 0.25) is 0 Å². The predicted octanol–water partition coefficient (Wildman–Crippen LogP) is 4.67. The average Bonchev–Trinajstić information content (AvgIpc) is 2.99. The van der Waals surface area contributed by atoms with Crippen LogP contribution >= 0.6 is 0 Å². The van der Waals surface area contributed by atoms with Crippen molar-refractivity contribution in [2.45, 2.75) is 33.1 Å². The molecule has 25 heavy (non-hydrogen) atoms. The van der Waals surface area contributed by atoms with E-state index in [4.69, 9.17) is 9.15 Å². The highest BCUT2D eigenvalue weighted by Crippen LogP contribution is 2.28. The molecule has 1 N–H and O–H groups in total. The molecule has 5 nitrogen and oxygen atoms in total. The molecule has 0 bridgehead atoms. The Balaban J connectivity index is 1.64. The van der Waals surface area contributed by atoms with Crippen molar-refractivity contribution in [3.8, 4) is 5.75 Å². The van der Waals surface area contributed by atoms with E-state index in [-0.39, 0.29) is 12.5 Å². The Bertz CT molecular complexity index is 886. The molecule has 2 aromatic carbocycles. The quantitative estimate of drug-likeness (QED) is 0.709. The number of oxazole rings is 1. The number of aryl methyl sites for hydroxylation is 1. The number of hydrogen-bond donors (Lipinski definition) is 1. The van der Waals surface area contributed by atoms with E-state index in [9.17, 15) is 4.79 Å². The third-order valence-corrected chi connectivity index (χ3v) is 4.20. The maximum atomic E-state index is 12.2. The van der Waals surface area contributed by atoms with E-state index in [0.717, 1.165) is 23.3 Å². The van der Waals surface area contributed by atoms with Crippen LogP contribution < -0.4 is 10.1 Å². The van der Waals surface area contributed by atoms with E-state index in [1.54, 1.807) is 25.1 Å². The minimum atomic E-state index is -0.210. The maximum Gasteiger partial charge on any atom is 0.262 e. The summed E-state index contributed by atoms with van der Waals surface area (Å²) in [7, 11) is 0. The lowest BCUT2D eigenvalue weighted by molar-refractivity contribution is -0.118. The molecule has 0 fully saturated rings. The van der Waals surface area contributed by atoms with Crippen LogP contribution in [-0.4, -0.2) is 17.5 Å². The predicted molar refractivity (Wildman–Crippen MR) is 98.0 cm³/mol. The van der Waals surface area contributed by atoms with Crippen molar-refractivity contribution in [3.63, 3.8) is 0 Å². The minimum absolute atomic E-state index is 0.0384. The Hall–Kier alpha value is -2.82. The van der Waals surface area contributed by atoms with Crippen molar-refractivity contribution in [2.75, 3.05) is 11.9 Å². The number of ether oxygens (including phenoxy) is 1. The number of nitrogens with zero attached hydrogens (tertiary/aromatic N) is 1. The van der Waals surface area contributed by atoms with Crippen molar-refractivity contribution >= 4 is 22.7 Å². The fourth-order valence-corrected chi connectivity index (χ4v) is 2.70. The van der Waals surface area contributed by atoms with Crippen LogP contribution in [-0.2, 0) is 4.79 Å². The number of hydrogen-bond acceptors (Lipinski definition) is 4. The first kappa shape index (κ1) is 17.0. The summed E-state index contributed by atoms with van der Waals surface area (Å²) in [6, 6.07) is 13.2. The molecule has 3 rings (SSSR count). The highest BCUT2D eigenvalue weighted by molar-refractivity contribution is 5.93. The molecule has 0 aliphatic carbocycles. The van der Waals surface area contributed by atoms with E-state index in [1.165, 1.54) is 0 Å². The van der Waals surface area contributed by atoms with E-state index in [2.05, 4.69) is 24.1 Å². The van der Waals surface area contributed by atoms with Gasteiger partial charge in [0.15, 0.2) is 18.1 Å². The lowest BCUT2D eigenvalue weighted by atomic mass is 9.98. The zero-order chi connectivity index (χ0) is 17.8. The number of aromatic nitrogens is 1. The first-order valence-corrected chi connectivity index (χ1v) is 8.45. The summed E-state index contributed by atoms with van der Waals surface area (Å²) >= 11 is 0. The number of amides is 1. The molecule has 0 saturated heterocycles. The van der Waals surface area contributed by atoms with Crippen LogP contribution in [0.15, 0.2) is 46.9 Å². The number of para-hydroxylation sites is 1. The van der Waals surface area contributed by atoms with Crippen LogP contribution in [0.1, 0.15) is 37.6 Å². The van der Waals surface area contributed by atoms with E-state index in [1.807, 2.05) is 24.3 Å². The Morgan fingerprint density at radius 2 is 2.08 bits per heavy atom. The highest BCUT2D eigenvalue weighted by atomic mass is 16.5. The van der Waals surface area contributed by atoms with E-state index >= 15 is 0 Å². The van der Waals surface area contributed by atoms with E-state index in [0.29, 0.717) is 23.1 Å². The normalized spacial score (nSPS) is 12.1. The van der Waals surface area contributed by atoms with Gasteiger partial charge in [0.1, 0.15) is 11.3 Å². The van der Waals surface area contributed by atoms with Gasteiger partial charge in [-0.05, 0) is 42.2 Å². The van der Waals surface area contributed by atoms with Crippen LogP contribution in [0.4, 0.5) is 5.69 Å². The van der Waals surface area contributed by atoms with Crippen molar-refractivity contribution in [3.05, 3.63) is 53.9 Å². The summed E-state index contributed by atoms with van der Waals surface area (Å²) in [5.41, 5.74) is 3.22. The average molecular weight is 338 g/mol. The Kier molecular flexibility index (Phi) is 5.03. The summed E-state index contributed by atoms with van der Waals surface area (Å²) < 4.78 is 11.2. The Morgan fingerprint density at radius 1 is 1.28 bits per heavy atom. The molecule has 3 aromatic rings. The number of rotatable bonds is 6. The van der Waals surface area contributed by atoms with Gasteiger partial charge < -0.3 is 14.5 Å². The van der Waals surface area contributed by atoms with Gasteiger partial charge in [0.25, 0.3) is 5.91 Å². The van der Waals surface area contributed by atoms with Crippen molar-refractivity contribution in [1.82, 2.24) is 4.98 Å². The molecule has 0 aliphatic rings. The van der Waals surface area contributed by atoms with Crippen LogP contribution in [0.5, 0.6) is 5.75 Å². The molecule has 0 radical (unpaired) electrons. The second-order valence-electron chi connectivity index (χ2n) is 6.10. The molecule has 1 aromatic heterocycles. The molecule has 1 atom stereocenters. The molecule has 0 spiro atoms. The third kappa shape index (κ3) is 3.99. The Morgan fingerprint density at radius 3 is 2.88 bits per heavy atom. The van der Waals surface area contributed by atoms with Gasteiger partial charge in [-0.15, -0.1) is 0 Å². The molecule has 1 amide bonds. The van der Waals surface area contributed by atoms with Crippen molar-refractivity contribution in [2.24, 2.45) is 0 Å². The summed E-state index contributed by atoms with van der Waals surface area (Å²) in [5, 5.41) is 2.83. The summed E-state index contributed by atoms with van der Waals surface area (Å²) in [4.78, 5) is 16.5. The van der Waals surface area contributed by atoms with Crippen molar-refractivity contribution in [1.29, 1.82) is 0 Å². The van der Waals surface area contributed by atoms with Gasteiger partial charge in [0.2, 0.25) is 0 Å². The molecule has 1 unspecified atom stereocenters. The summed E-state index contributed by atoms with van der Waals surface area (Å²) in [5.74, 6) is 1.54. The van der Waals surface area contributed by atoms with Crippen LogP contribution in [0.25, 0.3) is 11.1 Å². The fourth-order valence-electron chi connectivity index (χ4n) is 2.70. The smallest absolute Gasteiger partial charge is 0.262 e. The largest absolute Gasteiger partial charge is 0.483 e. The van der Waals surface area contributed by atoms with Gasteiger partial charge in [0.05, 0.1) is 0 Å². The van der Waals surface area contributed by atoms with Gasteiger partial charge in [-0.2, -0.15) is 0 Å². The molecule has 5 heteroatoms. The van der Waals surface area contributed by atoms with Crippen LogP contribution in [0.3, 0.4) is 0 Å². The summed E-state index contributed by atoms with van der Waals surface area (Å²) in [6.45, 7) is 6.04. The summed E-state index contributed by atoms with van der Waals surface area (Å²) in [6.07, 6.45) is 1.02. The van der Waals surface area contributed by atoms with E-state index < -0.39 is 0 Å². The molecule has 0 aliphatic heterocycles. The highest BCUT2D eigenvalue weighted by Gasteiger charge is 2.12. The first-order valence-electron chi connectivity index (χ1n) is 8.45. The number of nitrogens with one attached hydrogen (secondary N) is 1. The zero-order valence-corrected chi connectivity index (χ0v) is 14.7. The van der Waals surface area contributed by atoms with Gasteiger partial charge in [-0.25, -0.2) is 4.98 Å². The lowest BCUT2D eigenvalue weighted by Crippen LogP contribution is -2.20. The second-order valence-corrected chi connectivity index (χ2v) is 6.10. The van der Waals surface area contributed by atoms with Crippen molar-refractivity contribution < 1.29 is 13.9 Å². The van der Waals surface area contributed by atoms with Gasteiger partial charge in [0, 0.05) is 12.6 Å². The van der Waals surface area contributed by atoms with Gasteiger partial charge in [-0.1, -0.05) is 32.0 Å². The SMILES string of the molecule is CCC(C)c1ccccc1OCC(=O)Nc1ccc2oc(C)nc2c1. The fraction of sp³-hybridized carbons (Fsp3) is 0.300. The first-order chi connectivity index (χ1) is 12.1. The number of anilines is 1. The zero-order valence-electron chi connectivity index (χ0n) is 14.7. The van der Waals surface area contributed by atoms with Gasteiger partial charge >= 0.3 is 0 Å². The molecule has 130 valence electrons. The molecule has 1 heterocycles. The molecular weight excluding hydrogens is 316 g/mol. The number of fused-ring (bicyclic) bond motifs is 1. The lowest BCUT2D eigenvalue weighted by Gasteiger charge is -2.15. The van der Waals surface area contributed by atoms with Gasteiger partial charge in [-0.3, -0.25) is 4.79 Å². The number of benzene rings is 2. The molecular formula is C20H22N2O3. The monoisotopic (exact) mass is 338 g/mol. The second kappa shape index (κ2) is 7.38. The maximum absolute atomic E-state index is 12.2. The third-order valence-electron chi connectivity index (χ3n) is 4.20. The van der Waals surface area contributed by atoms with Crippen LogP contribution in [0, 0.1) is 6.92 Å². The number of carbonyl (C=O) groups is 1. The minimum Gasteiger partial charge on any atom is -0.483 e. The topological polar surface area (TPSA) is 64.4 Å². The molecule has 0 saturated carbocycles. The standard InChI is InChI=1S/C20H22N2O3/c1-4-13(2)16-7-5-6-8-18(16)24-12-20(23)22-15-9-10-19-17(11-15)21-14(3)25-19/h5-11,13H,4,12H2,1-3H3,(H,22,23). The number of carbonyl (C=O) groups excluding carboxylic acids is 1. The Labute approximate surface area is 147 Å².